The first kappa shape index (κ1) is 25.0. The molecule has 188 valence electrons. The molecule has 0 heterocycles. The quantitative estimate of drug-likeness (QED) is 0.150. The van der Waals surface area contributed by atoms with E-state index in [1.165, 1.54) is 6.08 Å². The van der Waals surface area contributed by atoms with Crippen LogP contribution in [0.5, 0.6) is 0 Å². The van der Waals surface area contributed by atoms with Gasteiger partial charge in [0.15, 0.2) is 0 Å². The van der Waals surface area contributed by atoms with Crippen LogP contribution in [-0.4, -0.2) is 47.4 Å². The minimum atomic E-state index is -5.66. The number of aliphatic hydroxyl groups is 2. The first-order valence-corrected chi connectivity index (χ1v) is 12.9. The van der Waals surface area contributed by atoms with Crippen molar-refractivity contribution in [2.75, 3.05) is 0 Å². The molecule has 0 amide bonds. The summed E-state index contributed by atoms with van der Waals surface area (Å²) in [6, 6.07) is 0. The fourth-order valence-corrected chi connectivity index (χ4v) is 7.86. The van der Waals surface area contributed by atoms with Gasteiger partial charge in [-0.15, -0.1) is 0 Å². The Kier molecular flexibility index (Phi) is 8.30. The molecule has 2 N–H and O–H groups in total. The Hall–Kier alpha value is 1.000. The monoisotopic (exact) mass is 535 g/mol. The molecule has 0 aromatic heterocycles. The predicted octanol–water partition coefficient (Wildman–Crippen LogP) is -4.47. The van der Waals surface area contributed by atoms with Crippen LogP contribution in [0.25, 0.3) is 0 Å². The molecule has 4 rings (SSSR count). The fraction of sp³-hybridized carbons (Fsp3) is 0.875. The van der Waals surface area contributed by atoms with Crippen molar-refractivity contribution in [3.8, 4) is 0 Å². The Labute approximate surface area is 260 Å². The van der Waals surface area contributed by atoms with Crippen LogP contribution in [0.2, 0.25) is 0 Å². The van der Waals surface area contributed by atoms with Gasteiger partial charge < -0.3 is 24.7 Å². The number of rotatable bonds is 6. The van der Waals surface area contributed by atoms with Crippen LogP contribution in [0.1, 0.15) is 78.9 Å². The van der Waals surface area contributed by atoms with E-state index < -0.39 is 76.5 Å². The summed E-state index contributed by atoms with van der Waals surface area (Å²) in [5, 5.41) is 34.0. The van der Waals surface area contributed by atoms with Crippen molar-refractivity contribution in [3.05, 3.63) is 11.6 Å². The summed E-state index contributed by atoms with van der Waals surface area (Å²) in [7, 11) is -5.66. The second-order valence-electron chi connectivity index (χ2n) is 10.8. The van der Waals surface area contributed by atoms with E-state index in [1.54, 1.807) is 6.92 Å². The normalized spacial score (nSPS) is 50.5. The van der Waals surface area contributed by atoms with Gasteiger partial charge in [0.05, 0.1) is 19.7 Å². The van der Waals surface area contributed by atoms with Gasteiger partial charge in [0.25, 0.3) is 0 Å². The van der Waals surface area contributed by atoms with E-state index in [0.29, 0.717) is 19.3 Å². The Morgan fingerprint density at radius 3 is 2.57 bits per heavy atom. The fourth-order valence-electron chi connectivity index (χ4n) is 7.56. The number of hydrogen-bond donors (Lipinski definition) is 2. The molecule has 0 saturated heterocycles. The molecule has 11 heteroatoms. The van der Waals surface area contributed by atoms with E-state index in [1.807, 2.05) is 13.8 Å². The molecular weight excluding hydrogens is 494 g/mol. The predicted molar refractivity (Wildman–Crippen MR) is 116 cm³/mol. The maximum absolute atomic E-state index is 11.6. The largest absolute Gasteiger partial charge is 1.00 e. The summed E-state index contributed by atoms with van der Waals surface area (Å²) in [6.45, 7) is 5.49. The number of aliphatic hydroxyl groups excluding tert-OH is 2. The smallest absolute Gasteiger partial charge is 0.726 e. The van der Waals surface area contributed by atoms with E-state index in [-0.39, 0.29) is 95.3 Å². The van der Waals surface area contributed by atoms with E-state index in [4.69, 9.17) is 6.85 Å². The van der Waals surface area contributed by atoms with Crippen LogP contribution in [-0.2, 0) is 19.4 Å². The summed E-state index contributed by atoms with van der Waals surface area (Å²) in [6.07, 6.45) is -9.21. The number of fused-ring (bicyclic) bond motifs is 5. The third kappa shape index (κ3) is 5.96. The van der Waals surface area contributed by atoms with Gasteiger partial charge in [0, 0.05) is 11.5 Å². The van der Waals surface area contributed by atoms with Gasteiger partial charge in [0.1, 0.15) is 0 Å². The molecule has 8 nitrogen and oxygen atoms in total. The van der Waals surface area contributed by atoms with E-state index in [0.717, 1.165) is 0 Å². The summed E-state index contributed by atoms with van der Waals surface area (Å²) in [5.41, 5.74) is -2.19. The summed E-state index contributed by atoms with van der Waals surface area (Å²) >= 11 is 0. The molecule has 3 saturated carbocycles. The molecule has 35 heavy (non-hydrogen) atoms. The number of carboxylic acids is 1. The first-order chi connectivity index (χ1) is 17.1. The van der Waals surface area contributed by atoms with E-state index >= 15 is 0 Å². The van der Waals surface area contributed by atoms with Gasteiger partial charge in [-0.2, -0.15) is 0 Å². The van der Waals surface area contributed by atoms with Gasteiger partial charge in [-0.3, -0.25) is 4.18 Å². The van der Waals surface area contributed by atoms with E-state index in [9.17, 15) is 33.1 Å². The molecule has 0 aromatic rings. The number of carbonyl (C=O) groups is 1. The van der Waals surface area contributed by atoms with Crippen molar-refractivity contribution < 1.29 is 103 Å². The van der Waals surface area contributed by atoms with Crippen molar-refractivity contribution in [2.24, 2.45) is 40.4 Å². The summed E-state index contributed by atoms with van der Waals surface area (Å²) < 4.78 is 81.4. The van der Waals surface area contributed by atoms with Gasteiger partial charge in [-0.25, -0.2) is 8.42 Å². The van der Waals surface area contributed by atoms with Crippen LogP contribution in [0, 0.1) is 40.4 Å². The van der Waals surface area contributed by atoms with Crippen LogP contribution in [0.4, 0.5) is 0 Å². The minimum absolute atomic E-state index is 0. The van der Waals surface area contributed by atoms with Crippen LogP contribution >= 0.6 is 0 Å². The minimum Gasteiger partial charge on any atom is -0.726 e. The van der Waals surface area contributed by atoms with Crippen LogP contribution < -0.4 is 64.2 Å². The van der Waals surface area contributed by atoms with Crippen molar-refractivity contribution in [1.82, 2.24) is 0 Å². The molecule has 1 unspecified atom stereocenters. The second kappa shape index (κ2) is 11.6. The molecule has 10 atom stereocenters. The van der Waals surface area contributed by atoms with Crippen LogP contribution in [0.15, 0.2) is 11.6 Å². The topological polar surface area (TPSA) is 147 Å². The molecule has 4 aliphatic carbocycles. The average Bonchev–Trinajstić information content (AvgIpc) is 3.10. The third-order valence-electron chi connectivity index (χ3n) is 9.22. The molecular formula is C24H36Na2O8S. The van der Waals surface area contributed by atoms with Gasteiger partial charge in [0.2, 0.25) is 10.4 Å². The molecule has 4 aliphatic rings. The van der Waals surface area contributed by atoms with E-state index in [2.05, 4.69) is 4.18 Å². The zero-order valence-electron chi connectivity index (χ0n) is 26.1. The molecule has 0 bridgehead atoms. The first-order valence-electron chi connectivity index (χ1n) is 14.1. The SMILES string of the molecule is [2H]C1([2H])C[C@@]2(C)C(=C[C@@H](O)[C@H]3[C@@H]4CC[C@H]([C@H](C)CCC(=O)[O-])[C@@]4(C)[C@@H](O)C[C@@H]32)C([2H])([2H])C1([2H])OS(=O)(=O)[O-].[Na+].[Na+]. The Bertz CT molecular complexity index is 1140. The van der Waals surface area contributed by atoms with Crippen molar-refractivity contribution in [2.45, 2.75) is 90.3 Å². The van der Waals surface area contributed by atoms with Gasteiger partial charge >= 0.3 is 59.1 Å². The average molecular weight is 536 g/mol. The molecule has 0 spiro atoms. The number of aliphatic carboxylic acids is 1. The van der Waals surface area contributed by atoms with Gasteiger partial charge in [-0.1, -0.05) is 32.4 Å². The van der Waals surface area contributed by atoms with Gasteiger partial charge in [-0.05, 0) is 91.7 Å². The van der Waals surface area contributed by atoms with Crippen molar-refractivity contribution in [1.29, 1.82) is 0 Å². The Balaban J connectivity index is 0.00000280. The Morgan fingerprint density at radius 2 is 1.97 bits per heavy atom. The molecule has 0 radical (unpaired) electrons. The molecule has 0 aromatic carbocycles. The van der Waals surface area contributed by atoms with Crippen LogP contribution in [0.3, 0.4) is 0 Å². The molecule has 0 aliphatic heterocycles. The summed E-state index contributed by atoms with van der Waals surface area (Å²) in [5.74, 6) is -2.53. The standard InChI is InChI=1S/C24H38O8S.2Na/c1-13(4-7-21(27)28)16-5-6-17-22-18(12-20(26)24(16,17)3)23(2)9-8-15(32-33(29,30)31)10-14(23)11-19(22)25;;/h11,13,15-20,22,25-26H,4-10,12H2,1-3H3,(H,27,28)(H,29,30,31);;/q;2*+1/p-2/t13-,15?,16-,17+,18+,19-,20+,22+,23+,24-;;/m1../s1/i8D2,10D2,15D;;. The molecule has 3 fully saturated rings. The van der Waals surface area contributed by atoms with Crippen molar-refractivity contribution in [3.63, 3.8) is 0 Å². The van der Waals surface area contributed by atoms with Crippen molar-refractivity contribution >= 4 is 16.4 Å². The number of hydrogen-bond acceptors (Lipinski definition) is 8. The number of carbonyl (C=O) groups excluding carboxylic acids is 1. The summed E-state index contributed by atoms with van der Waals surface area (Å²) in [4.78, 5) is 11.0. The maximum Gasteiger partial charge on any atom is 1.00 e. The second-order valence-corrected chi connectivity index (χ2v) is 11.8. The third-order valence-corrected chi connectivity index (χ3v) is 9.59. The zero-order valence-corrected chi connectivity index (χ0v) is 25.9. The maximum atomic E-state index is 11.6. The Morgan fingerprint density at radius 1 is 1.31 bits per heavy atom. The number of carboxylic acid groups (broad SMARTS) is 1. The zero-order chi connectivity index (χ0) is 28.9.